The average Bonchev–Trinajstić information content (AvgIpc) is 2.26. The molecule has 2 heteroatoms. The molecule has 2 rings (SSSR count). The van der Waals surface area contributed by atoms with Crippen LogP contribution in [0.3, 0.4) is 0 Å². The van der Waals surface area contributed by atoms with Gasteiger partial charge in [0.15, 0.2) is 0 Å². The van der Waals surface area contributed by atoms with Crippen molar-refractivity contribution in [3.63, 3.8) is 0 Å². The van der Waals surface area contributed by atoms with Crippen molar-refractivity contribution >= 4 is 11.4 Å². The van der Waals surface area contributed by atoms with Gasteiger partial charge in [-0.2, -0.15) is 0 Å². The zero-order valence-corrected chi connectivity index (χ0v) is 10.5. The SMILES string of the molecule is Cc1cccc(N2CCC(C)C(C)C2)c1N. The van der Waals surface area contributed by atoms with Gasteiger partial charge in [0.05, 0.1) is 11.4 Å². The van der Waals surface area contributed by atoms with Crippen LogP contribution < -0.4 is 10.6 Å². The van der Waals surface area contributed by atoms with Crippen LogP contribution in [0.5, 0.6) is 0 Å². The minimum Gasteiger partial charge on any atom is -0.397 e. The highest BCUT2D eigenvalue weighted by atomic mass is 15.1. The minimum atomic E-state index is 0.758. The van der Waals surface area contributed by atoms with Crippen molar-refractivity contribution in [1.29, 1.82) is 0 Å². The molecule has 16 heavy (non-hydrogen) atoms. The molecule has 2 N–H and O–H groups in total. The van der Waals surface area contributed by atoms with Gasteiger partial charge in [-0.1, -0.05) is 26.0 Å². The molecule has 0 aromatic heterocycles. The molecule has 1 fully saturated rings. The predicted molar refractivity (Wildman–Crippen MR) is 70.7 cm³/mol. The van der Waals surface area contributed by atoms with E-state index in [1.807, 2.05) is 0 Å². The molecule has 0 saturated carbocycles. The van der Waals surface area contributed by atoms with Crippen molar-refractivity contribution in [2.75, 3.05) is 23.7 Å². The van der Waals surface area contributed by atoms with Crippen molar-refractivity contribution in [1.82, 2.24) is 0 Å². The Labute approximate surface area is 98.4 Å². The maximum atomic E-state index is 6.15. The molecule has 2 unspecified atom stereocenters. The Morgan fingerprint density at radius 3 is 2.69 bits per heavy atom. The highest BCUT2D eigenvalue weighted by Gasteiger charge is 2.23. The van der Waals surface area contributed by atoms with Gasteiger partial charge in [0, 0.05) is 13.1 Å². The maximum Gasteiger partial charge on any atom is 0.0602 e. The summed E-state index contributed by atoms with van der Waals surface area (Å²) in [5.41, 5.74) is 9.51. The van der Waals surface area contributed by atoms with Gasteiger partial charge in [0.1, 0.15) is 0 Å². The second-order valence-corrected chi connectivity index (χ2v) is 5.20. The van der Waals surface area contributed by atoms with Crippen LogP contribution in [-0.2, 0) is 0 Å². The van der Waals surface area contributed by atoms with Crippen LogP contribution in [0.2, 0.25) is 0 Å². The molecule has 1 aromatic rings. The van der Waals surface area contributed by atoms with Gasteiger partial charge in [-0.05, 0) is 36.8 Å². The Hall–Kier alpha value is -1.18. The maximum absolute atomic E-state index is 6.15. The second-order valence-electron chi connectivity index (χ2n) is 5.20. The van der Waals surface area contributed by atoms with Crippen molar-refractivity contribution in [2.45, 2.75) is 27.2 Å². The number of piperidine rings is 1. The van der Waals surface area contributed by atoms with Crippen LogP contribution in [0, 0.1) is 18.8 Å². The zero-order valence-electron chi connectivity index (χ0n) is 10.5. The van der Waals surface area contributed by atoms with Crippen molar-refractivity contribution < 1.29 is 0 Å². The van der Waals surface area contributed by atoms with Gasteiger partial charge >= 0.3 is 0 Å². The van der Waals surface area contributed by atoms with Crippen LogP contribution in [0.25, 0.3) is 0 Å². The molecule has 0 bridgehead atoms. The lowest BCUT2D eigenvalue weighted by Gasteiger charge is -2.37. The molecule has 2 atom stereocenters. The molecule has 2 nitrogen and oxygen atoms in total. The Kier molecular flexibility index (Phi) is 3.08. The average molecular weight is 218 g/mol. The summed E-state index contributed by atoms with van der Waals surface area (Å²) in [5, 5.41) is 0. The van der Waals surface area contributed by atoms with E-state index in [2.05, 4.69) is 43.9 Å². The molecule has 1 heterocycles. The quantitative estimate of drug-likeness (QED) is 0.734. The lowest BCUT2D eigenvalue weighted by atomic mass is 9.88. The summed E-state index contributed by atoms with van der Waals surface area (Å²) in [6, 6.07) is 6.32. The van der Waals surface area contributed by atoms with E-state index >= 15 is 0 Å². The normalized spacial score (nSPS) is 25.8. The molecule has 1 aliphatic heterocycles. The number of benzene rings is 1. The first-order chi connectivity index (χ1) is 7.59. The number of anilines is 2. The largest absolute Gasteiger partial charge is 0.397 e. The van der Waals surface area contributed by atoms with Gasteiger partial charge in [-0.3, -0.25) is 0 Å². The highest BCUT2D eigenvalue weighted by Crippen LogP contribution is 2.31. The number of hydrogen-bond donors (Lipinski definition) is 1. The van der Waals surface area contributed by atoms with Crippen molar-refractivity contribution in [2.24, 2.45) is 11.8 Å². The summed E-state index contributed by atoms with van der Waals surface area (Å²) in [7, 11) is 0. The molecule has 0 aliphatic carbocycles. The second kappa shape index (κ2) is 4.36. The van der Waals surface area contributed by atoms with E-state index in [4.69, 9.17) is 5.73 Å². The first-order valence-corrected chi connectivity index (χ1v) is 6.19. The summed E-state index contributed by atoms with van der Waals surface area (Å²) < 4.78 is 0. The van der Waals surface area contributed by atoms with E-state index in [9.17, 15) is 0 Å². The zero-order chi connectivity index (χ0) is 11.7. The minimum absolute atomic E-state index is 0.758. The van der Waals surface area contributed by atoms with E-state index in [0.29, 0.717) is 0 Å². The Morgan fingerprint density at radius 1 is 1.25 bits per heavy atom. The fourth-order valence-electron chi connectivity index (χ4n) is 2.42. The molecule has 0 spiro atoms. The number of hydrogen-bond acceptors (Lipinski definition) is 2. The Balaban J connectivity index is 2.22. The monoisotopic (exact) mass is 218 g/mol. The topological polar surface area (TPSA) is 29.3 Å². The van der Waals surface area contributed by atoms with Gasteiger partial charge in [-0.15, -0.1) is 0 Å². The van der Waals surface area contributed by atoms with Crippen LogP contribution in [0.4, 0.5) is 11.4 Å². The standard InChI is InChI=1S/C14H22N2/c1-10-7-8-16(9-12(10)3)13-6-4-5-11(2)14(13)15/h4-6,10,12H,7-9,15H2,1-3H3. The molecular formula is C14H22N2. The third-order valence-electron chi connectivity index (χ3n) is 3.98. The van der Waals surface area contributed by atoms with E-state index in [-0.39, 0.29) is 0 Å². The van der Waals surface area contributed by atoms with Gasteiger partial charge in [0.25, 0.3) is 0 Å². The lowest BCUT2D eigenvalue weighted by molar-refractivity contribution is 0.324. The molecule has 1 saturated heterocycles. The van der Waals surface area contributed by atoms with Gasteiger partial charge in [0.2, 0.25) is 0 Å². The molecule has 1 aromatic carbocycles. The van der Waals surface area contributed by atoms with Crippen LogP contribution >= 0.6 is 0 Å². The summed E-state index contributed by atoms with van der Waals surface area (Å²) >= 11 is 0. The van der Waals surface area contributed by atoms with Crippen molar-refractivity contribution in [3.05, 3.63) is 23.8 Å². The Bertz CT molecular complexity index is 373. The fraction of sp³-hybridized carbons (Fsp3) is 0.571. The molecule has 88 valence electrons. The smallest absolute Gasteiger partial charge is 0.0602 e. The summed E-state index contributed by atoms with van der Waals surface area (Å²) in [4.78, 5) is 2.44. The number of nitrogens with zero attached hydrogens (tertiary/aromatic N) is 1. The van der Waals surface area contributed by atoms with Gasteiger partial charge in [-0.25, -0.2) is 0 Å². The predicted octanol–water partition coefficient (Wildman–Crippen LogP) is 3.06. The number of nitrogens with two attached hydrogens (primary N) is 1. The van der Waals surface area contributed by atoms with E-state index < -0.39 is 0 Å². The van der Waals surface area contributed by atoms with E-state index in [1.165, 1.54) is 17.7 Å². The molecule has 1 aliphatic rings. The van der Waals surface area contributed by atoms with E-state index in [1.54, 1.807) is 0 Å². The number of nitrogen functional groups attached to an aromatic ring is 1. The summed E-state index contributed by atoms with van der Waals surface area (Å²) in [6.45, 7) is 9.03. The third-order valence-corrected chi connectivity index (χ3v) is 3.98. The van der Waals surface area contributed by atoms with Crippen LogP contribution in [0.1, 0.15) is 25.8 Å². The number of rotatable bonds is 1. The number of para-hydroxylation sites is 1. The van der Waals surface area contributed by atoms with E-state index in [0.717, 1.165) is 30.6 Å². The molecular weight excluding hydrogens is 196 g/mol. The molecule has 0 amide bonds. The Morgan fingerprint density at radius 2 is 2.00 bits per heavy atom. The van der Waals surface area contributed by atoms with Crippen molar-refractivity contribution in [3.8, 4) is 0 Å². The van der Waals surface area contributed by atoms with Crippen LogP contribution in [0.15, 0.2) is 18.2 Å². The fourth-order valence-corrected chi connectivity index (χ4v) is 2.42. The van der Waals surface area contributed by atoms with Crippen LogP contribution in [-0.4, -0.2) is 13.1 Å². The third kappa shape index (κ3) is 2.01. The molecule has 0 radical (unpaired) electrons. The van der Waals surface area contributed by atoms with Gasteiger partial charge < -0.3 is 10.6 Å². The highest BCUT2D eigenvalue weighted by molar-refractivity contribution is 5.71. The first-order valence-electron chi connectivity index (χ1n) is 6.19. The summed E-state index contributed by atoms with van der Waals surface area (Å²) in [5.74, 6) is 1.59. The summed E-state index contributed by atoms with van der Waals surface area (Å²) in [6.07, 6.45) is 1.27. The lowest BCUT2D eigenvalue weighted by Crippen LogP contribution is -2.38. The first kappa shape index (κ1) is 11.3. The number of aryl methyl sites for hydroxylation is 1.